The molecule has 5 heteroatoms. The van der Waals surface area contributed by atoms with Crippen LogP contribution < -0.4 is 5.32 Å². The number of carbonyl (C=O) groups is 1. The minimum Gasteiger partial charge on any atom is -0.478 e. The molecule has 0 atom stereocenters. The highest BCUT2D eigenvalue weighted by Crippen LogP contribution is 2.21. The largest absolute Gasteiger partial charge is 0.478 e. The molecule has 1 aromatic carbocycles. The molecule has 0 unspecified atom stereocenters. The molecule has 0 bridgehead atoms. The van der Waals surface area contributed by atoms with Crippen LogP contribution in [0.3, 0.4) is 0 Å². The molecule has 0 aliphatic rings. The van der Waals surface area contributed by atoms with E-state index in [4.69, 9.17) is 16.7 Å². The van der Waals surface area contributed by atoms with Crippen LogP contribution in [0.4, 0.5) is 5.69 Å². The molecule has 0 amide bonds. The second-order valence-electron chi connectivity index (χ2n) is 3.67. The van der Waals surface area contributed by atoms with Gasteiger partial charge in [-0.1, -0.05) is 17.7 Å². The highest BCUT2D eigenvalue weighted by Gasteiger charge is 2.08. The number of nitrogens with one attached hydrogen (secondary N) is 1. The van der Waals surface area contributed by atoms with Crippen LogP contribution in [0.5, 0.6) is 0 Å². The number of halogens is 1. The first-order chi connectivity index (χ1) is 8.66. The fourth-order valence-electron chi connectivity index (χ4n) is 1.49. The minimum atomic E-state index is -1.03. The Bertz CT molecular complexity index is 558. The van der Waals surface area contributed by atoms with Crippen LogP contribution >= 0.6 is 11.6 Å². The van der Waals surface area contributed by atoms with Gasteiger partial charge in [0, 0.05) is 11.9 Å². The predicted octanol–water partition coefficient (Wildman–Crippen LogP) is 3.05. The summed E-state index contributed by atoms with van der Waals surface area (Å²) in [6.07, 6.45) is 1.72. The number of benzene rings is 1. The first-order valence-corrected chi connectivity index (χ1v) is 5.71. The number of anilines is 1. The van der Waals surface area contributed by atoms with Gasteiger partial charge in [-0.3, -0.25) is 4.98 Å². The molecule has 0 fully saturated rings. The zero-order chi connectivity index (χ0) is 13.0. The van der Waals surface area contributed by atoms with E-state index < -0.39 is 5.97 Å². The number of carboxylic acids is 1. The fourth-order valence-corrected chi connectivity index (χ4v) is 1.76. The van der Waals surface area contributed by atoms with E-state index >= 15 is 0 Å². The fraction of sp³-hybridized carbons (Fsp3) is 0.0769. The second kappa shape index (κ2) is 5.51. The number of aromatic nitrogens is 1. The number of nitrogens with zero attached hydrogens (tertiary/aromatic N) is 1. The highest BCUT2D eigenvalue weighted by atomic mass is 35.5. The first kappa shape index (κ1) is 12.4. The van der Waals surface area contributed by atoms with Crippen molar-refractivity contribution in [3.8, 4) is 0 Å². The average Bonchev–Trinajstić information content (AvgIpc) is 2.37. The third-order valence-corrected chi connectivity index (χ3v) is 2.71. The third-order valence-electron chi connectivity index (χ3n) is 2.40. The number of hydrogen-bond acceptors (Lipinski definition) is 3. The summed E-state index contributed by atoms with van der Waals surface area (Å²) in [6.45, 7) is 0.559. The van der Waals surface area contributed by atoms with Gasteiger partial charge in [0.1, 0.15) is 0 Å². The van der Waals surface area contributed by atoms with Crippen molar-refractivity contribution in [3.05, 3.63) is 58.9 Å². The second-order valence-corrected chi connectivity index (χ2v) is 4.08. The van der Waals surface area contributed by atoms with Crippen molar-refractivity contribution in [3.63, 3.8) is 0 Å². The normalized spacial score (nSPS) is 10.1. The Morgan fingerprint density at radius 2 is 2.17 bits per heavy atom. The van der Waals surface area contributed by atoms with Crippen molar-refractivity contribution in [2.45, 2.75) is 6.54 Å². The molecule has 2 aromatic rings. The quantitative estimate of drug-likeness (QED) is 0.889. The molecule has 0 saturated carbocycles. The van der Waals surface area contributed by atoms with Gasteiger partial charge in [-0.2, -0.15) is 0 Å². The molecule has 0 aliphatic heterocycles. The van der Waals surface area contributed by atoms with E-state index in [1.807, 2.05) is 18.2 Å². The van der Waals surface area contributed by atoms with Crippen LogP contribution in [0, 0.1) is 0 Å². The maximum Gasteiger partial charge on any atom is 0.337 e. The zero-order valence-corrected chi connectivity index (χ0v) is 10.2. The molecule has 2 rings (SSSR count). The molecular weight excluding hydrogens is 252 g/mol. The molecule has 92 valence electrons. The average molecular weight is 263 g/mol. The number of rotatable bonds is 4. The van der Waals surface area contributed by atoms with Crippen molar-refractivity contribution >= 4 is 23.3 Å². The molecule has 0 aliphatic carbocycles. The first-order valence-electron chi connectivity index (χ1n) is 5.33. The summed E-state index contributed by atoms with van der Waals surface area (Å²) in [5, 5.41) is 12.2. The van der Waals surface area contributed by atoms with Gasteiger partial charge in [-0.15, -0.1) is 0 Å². The lowest BCUT2D eigenvalue weighted by molar-refractivity contribution is 0.0697. The summed E-state index contributed by atoms with van der Waals surface area (Å²) in [4.78, 5) is 15.0. The molecule has 0 radical (unpaired) electrons. The molecule has 1 aromatic heterocycles. The van der Waals surface area contributed by atoms with Gasteiger partial charge in [0.25, 0.3) is 0 Å². The van der Waals surface area contributed by atoms with Crippen LogP contribution in [-0.4, -0.2) is 16.1 Å². The van der Waals surface area contributed by atoms with Gasteiger partial charge in [-0.25, -0.2) is 4.79 Å². The lowest BCUT2D eigenvalue weighted by Crippen LogP contribution is -2.02. The Morgan fingerprint density at radius 3 is 2.78 bits per heavy atom. The summed E-state index contributed by atoms with van der Waals surface area (Å²) in [6, 6.07) is 10.4. The summed E-state index contributed by atoms with van der Waals surface area (Å²) < 4.78 is 0. The van der Waals surface area contributed by atoms with Gasteiger partial charge >= 0.3 is 5.97 Å². The van der Waals surface area contributed by atoms with E-state index in [-0.39, 0.29) is 10.6 Å². The van der Waals surface area contributed by atoms with Gasteiger partial charge < -0.3 is 10.4 Å². The van der Waals surface area contributed by atoms with Crippen molar-refractivity contribution < 1.29 is 9.90 Å². The monoisotopic (exact) mass is 262 g/mol. The van der Waals surface area contributed by atoms with Crippen LogP contribution in [0.25, 0.3) is 0 Å². The summed E-state index contributed by atoms with van der Waals surface area (Å²) >= 11 is 5.87. The molecule has 1 heterocycles. The third kappa shape index (κ3) is 2.99. The predicted molar refractivity (Wildman–Crippen MR) is 70.0 cm³/mol. The molecular formula is C13H11ClN2O2. The highest BCUT2D eigenvalue weighted by molar-refractivity contribution is 6.33. The minimum absolute atomic E-state index is 0.0973. The summed E-state index contributed by atoms with van der Waals surface area (Å²) in [5.41, 5.74) is 1.76. The smallest absolute Gasteiger partial charge is 0.337 e. The maximum absolute atomic E-state index is 10.8. The van der Waals surface area contributed by atoms with E-state index in [1.165, 1.54) is 6.07 Å². The standard InChI is InChI=1S/C13H11ClN2O2/c14-12-7-9(4-5-11(12)13(17)18)16-8-10-3-1-2-6-15-10/h1-7,16H,8H2,(H,17,18). The summed E-state index contributed by atoms with van der Waals surface area (Å²) in [7, 11) is 0. The van der Waals surface area contributed by atoms with Crippen LogP contribution in [0.15, 0.2) is 42.6 Å². The molecule has 0 spiro atoms. The number of carboxylic acid groups (broad SMARTS) is 1. The molecule has 2 N–H and O–H groups in total. The van der Waals surface area contributed by atoms with E-state index in [1.54, 1.807) is 18.3 Å². The van der Waals surface area contributed by atoms with Crippen LogP contribution in [-0.2, 0) is 6.54 Å². The number of aromatic carboxylic acids is 1. The van der Waals surface area contributed by atoms with Gasteiger partial charge in [0.2, 0.25) is 0 Å². The lowest BCUT2D eigenvalue weighted by Gasteiger charge is -2.07. The van der Waals surface area contributed by atoms with Crippen LogP contribution in [0.2, 0.25) is 5.02 Å². The maximum atomic E-state index is 10.8. The lowest BCUT2D eigenvalue weighted by atomic mass is 10.2. The van der Waals surface area contributed by atoms with Crippen molar-refractivity contribution in [1.29, 1.82) is 0 Å². The van der Waals surface area contributed by atoms with Gasteiger partial charge in [0.05, 0.1) is 22.8 Å². The number of hydrogen-bond donors (Lipinski definition) is 2. The number of pyridine rings is 1. The van der Waals surface area contributed by atoms with Crippen molar-refractivity contribution in [2.75, 3.05) is 5.32 Å². The van der Waals surface area contributed by atoms with Gasteiger partial charge in [-0.05, 0) is 30.3 Å². The Labute approximate surface area is 109 Å². The van der Waals surface area contributed by atoms with E-state index in [0.29, 0.717) is 6.54 Å². The summed E-state index contributed by atoms with van der Waals surface area (Å²) in [5.74, 6) is -1.03. The van der Waals surface area contributed by atoms with Crippen molar-refractivity contribution in [1.82, 2.24) is 4.98 Å². The Balaban J connectivity index is 2.07. The molecule has 0 saturated heterocycles. The zero-order valence-electron chi connectivity index (χ0n) is 9.43. The van der Waals surface area contributed by atoms with Crippen molar-refractivity contribution in [2.24, 2.45) is 0 Å². The molecule has 18 heavy (non-hydrogen) atoms. The topological polar surface area (TPSA) is 62.2 Å². The Morgan fingerprint density at radius 1 is 1.33 bits per heavy atom. The van der Waals surface area contributed by atoms with E-state index in [9.17, 15) is 4.79 Å². The van der Waals surface area contributed by atoms with E-state index in [0.717, 1.165) is 11.4 Å². The van der Waals surface area contributed by atoms with Gasteiger partial charge in [0.15, 0.2) is 0 Å². The van der Waals surface area contributed by atoms with Crippen LogP contribution in [0.1, 0.15) is 16.1 Å². The SMILES string of the molecule is O=C(O)c1ccc(NCc2ccccn2)cc1Cl. The Kier molecular flexibility index (Phi) is 3.79. The Hall–Kier alpha value is -2.07. The van der Waals surface area contributed by atoms with E-state index in [2.05, 4.69) is 10.3 Å². The molecule has 4 nitrogen and oxygen atoms in total.